The van der Waals surface area contributed by atoms with Crippen LogP contribution >= 0.6 is 0 Å². The maximum atomic E-state index is 8.79. The summed E-state index contributed by atoms with van der Waals surface area (Å²) in [4.78, 5) is 4.11. The lowest BCUT2D eigenvalue weighted by atomic mass is 10.2. The monoisotopic (exact) mass is 155 g/mol. The van der Waals surface area contributed by atoms with E-state index in [0.717, 1.165) is 5.76 Å². The predicted molar refractivity (Wildman–Crippen MR) is 41.3 cm³/mol. The summed E-state index contributed by atoms with van der Waals surface area (Å²) in [5, 5.41) is 8.79. The molecule has 11 heavy (non-hydrogen) atoms. The molecule has 0 fully saturated rings. The summed E-state index contributed by atoms with van der Waals surface area (Å²) in [6.07, 6.45) is 0. The fourth-order valence-electron chi connectivity index (χ4n) is 0.844. The van der Waals surface area contributed by atoms with Gasteiger partial charge in [-0.2, -0.15) is 0 Å². The Morgan fingerprint density at radius 1 is 1.55 bits per heavy atom. The van der Waals surface area contributed by atoms with Gasteiger partial charge < -0.3 is 9.52 Å². The Bertz CT molecular complexity index is 240. The van der Waals surface area contributed by atoms with E-state index in [4.69, 9.17) is 9.52 Å². The van der Waals surface area contributed by atoms with Crippen LogP contribution in [0.15, 0.2) is 4.42 Å². The number of oxazole rings is 1. The minimum absolute atomic E-state index is 0.0396. The summed E-state index contributed by atoms with van der Waals surface area (Å²) in [7, 11) is 0. The largest absolute Gasteiger partial charge is 0.445 e. The predicted octanol–water partition coefficient (Wildman–Crippen LogP) is 1.60. The average molecular weight is 155 g/mol. The van der Waals surface area contributed by atoms with Crippen LogP contribution in [0.5, 0.6) is 0 Å². The summed E-state index contributed by atoms with van der Waals surface area (Å²) in [5.41, 5.74) is 0.647. The second-order valence-electron chi connectivity index (χ2n) is 2.87. The second kappa shape index (κ2) is 3.05. The second-order valence-corrected chi connectivity index (χ2v) is 2.87. The molecular formula is C8H13NO2. The van der Waals surface area contributed by atoms with E-state index in [1.54, 1.807) is 0 Å². The molecule has 1 rings (SSSR count). The van der Waals surface area contributed by atoms with E-state index < -0.39 is 0 Å². The highest BCUT2D eigenvalue weighted by Crippen LogP contribution is 2.17. The molecule has 0 atom stereocenters. The van der Waals surface area contributed by atoms with Gasteiger partial charge in [-0.3, -0.25) is 0 Å². The van der Waals surface area contributed by atoms with Gasteiger partial charge in [0.1, 0.15) is 11.5 Å². The minimum Gasteiger partial charge on any atom is -0.445 e. The topological polar surface area (TPSA) is 46.3 Å². The molecule has 0 saturated carbocycles. The van der Waals surface area contributed by atoms with E-state index in [1.807, 2.05) is 20.8 Å². The van der Waals surface area contributed by atoms with Crippen molar-refractivity contribution < 1.29 is 9.52 Å². The number of aromatic nitrogens is 1. The lowest BCUT2D eigenvalue weighted by molar-refractivity contribution is 0.275. The normalized spacial score (nSPS) is 11.0. The van der Waals surface area contributed by atoms with Gasteiger partial charge in [-0.1, -0.05) is 13.8 Å². The number of rotatable bonds is 2. The highest BCUT2D eigenvalue weighted by Gasteiger charge is 2.10. The zero-order chi connectivity index (χ0) is 8.43. The molecule has 0 aliphatic carbocycles. The van der Waals surface area contributed by atoms with E-state index >= 15 is 0 Å². The van der Waals surface area contributed by atoms with Crippen molar-refractivity contribution in [2.24, 2.45) is 0 Å². The maximum Gasteiger partial charge on any atom is 0.197 e. The number of nitrogens with zero attached hydrogens (tertiary/aromatic N) is 1. The fraction of sp³-hybridized carbons (Fsp3) is 0.625. The zero-order valence-corrected chi connectivity index (χ0v) is 7.09. The number of aryl methyl sites for hydroxylation is 1. The van der Waals surface area contributed by atoms with Crippen molar-refractivity contribution in [2.75, 3.05) is 0 Å². The molecule has 0 unspecified atom stereocenters. The summed E-state index contributed by atoms with van der Waals surface area (Å²) >= 11 is 0. The van der Waals surface area contributed by atoms with E-state index in [1.165, 1.54) is 0 Å². The molecule has 0 aliphatic heterocycles. The molecule has 3 nitrogen and oxygen atoms in total. The molecule has 0 aliphatic rings. The first-order valence-corrected chi connectivity index (χ1v) is 3.72. The molecule has 0 saturated heterocycles. The van der Waals surface area contributed by atoms with Crippen LogP contribution in [-0.2, 0) is 6.61 Å². The van der Waals surface area contributed by atoms with Gasteiger partial charge in [0.15, 0.2) is 5.89 Å². The Morgan fingerprint density at radius 3 is 2.45 bits per heavy atom. The van der Waals surface area contributed by atoms with Crippen molar-refractivity contribution in [3.63, 3.8) is 0 Å². The van der Waals surface area contributed by atoms with Crippen LogP contribution in [0.2, 0.25) is 0 Å². The van der Waals surface area contributed by atoms with Crippen LogP contribution in [0.1, 0.15) is 37.1 Å². The molecule has 3 heteroatoms. The van der Waals surface area contributed by atoms with Crippen molar-refractivity contribution in [2.45, 2.75) is 33.3 Å². The van der Waals surface area contributed by atoms with Gasteiger partial charge in [0, 0.05) is 5.92 Å². The van der Waals surface area contributed by atoms with Gasteiger partial charge >= 0.3 is 0 Å². The Hall–Kier alpha value is -0.830. The molecule has 0 spiro atoms. The van der Waals surface area contributed by atoms with E-state index in [9.17, 15) is 0 Å². The highest BCUT2D eigenvalue weighted by molar-refractivity contribution is 5.08. The van der Waals surface area contributed by atoms with E-state index in [0.29, 0.717) is 11.6 Å². The van der Waals surface area contributed by atoms with Gasteiger partial charge in [-0.05, 0) is 6.92 Å². The van der Waals surface area contributed by atoms with Gasteiger partial charge in [0.2, 0.25) is 0 Å². The van der Waals surface area contributed by atoms with Crippen molar-refractivity contribution in [1.29, 1.82) is 0 Å². The Balaban J connectivity index is 2.95. The third-order valence-electron chi connectivity index (χ3n) is 1.55. The molecule has 0 radical (unpaired) electrons. The van der Waals surface area contributed by atoms with E-state index in [2.05, 4.69) is 4.98 Å². The summed E-state index contributed by atoms with van der Waals surface area (Å²) in [5.74, 6) is 1.71. The van der Waals surface area contributed by atoms with Crippen molar-refractivity contribution >= 4 is 0 Å². The Labute approximate surface area is 66.1 Å². The SMILES string of the molecule is Cc1oc(C(C)C)nc1CO. The number of hydrogen-bond donors (Lipinski definition) is 1. The van der Waals surface area contributed by atoms with Crippen molar-refractivity contribution in [3.05, 3.63) is 17.3 Å². The smallest absolute Gasteiger partial charge is 0.197 e. The third kappa shape index (κ3) is 1.60. The van der Waals surface area contributed by atoms with Gasteiger partial charge in [-0.15, -0.1) is 0 Å². The highest BCUT2D eigenvalue weighted by atomic mass is 16.4. The quantitative estimate of drug-likeness (QED) is 0.705. The fourth-order valence-corrected chi connectivity index (χ4v) is 0.844. The Kier molecular flexibility index (Phi) is 2.29. The molecule has 1 heterocycles. The molecule has 0 bridgehead atoms. The van der Waals surface area contributed by atoms with Gasteiger partial charge in [0.25, 0.3) is 0 Å². The minimum atomic E-state index is -0.0396. The van der Waals surface area contributed by atoms with Gasteiger partial charge in [-0.25, -0.2) is 4.98 Å². The first kappa shape index (κ1) is 8.27. The first-order chi connectivity index (χ1) is 5.15. The van der Waals surface area contributed by atoms with Crippen LogP contribution in [0.25, 0.3) is 0 Å². The van der Waals surface area contributed by atoms with E-state index in [-0.39, 0.29) is 12.5 Å². The van der Waals surface area contributed by atoms with Crippen LogP contribution < -0.4 is 0 Å². The van der Waals surface area contributed by atoms with Crippen LogP contribution in [0.4, 0.5) is 0 Å². The van der Waals surface area contributed by atoms with Crippen LogP contribution in [0.3, 0.4) is 0 Å². The first-order valence-electron chi connectivity index (χ1n) is 3.72. The number of aliphatic hydroxyl groups is 1. The molecule has 0 aromatic carbocycles. The van der Waals surface area contributed by atoms with Crippen LogP contribution in [-0.4, -0.2) is 10.1 Å². The molecule has 1 aromatic heterocycles. The standard InChI is InChI=1S/C8H13NO2/c1-5(2)8-9-7(4-10)6(3)11-8/h5,10H,4H2,1-3H3. The zero-order valence-electron chi connectivity index (χ0n) is 7.09. The molecule has 1 N–H and O–H groups in total. The van der Waals surface area contributed by atoms with Gasteiger partial charge in [0.05, 0.1) is 6.61 Å². The molecule has 0 amide bonds. The van der Waals surface area contributed by atoms with Crippen molar-refractivity contribution in [1.82, 2.24) is 4.98 Å². The number of hydrogen-bond acceptors (Lipinski definition) is 3. The average Bonchev–Trinajstić information content (AvgIpc) is 2.31. The lowest BCUT2D eigenvalue weighted by Crippen LogP contribution is -1.88. The Morgan fingerprint density at radius 2 is 2.18 bits per heavy atom. The summed E-state index contributed by atoms with van der Waals surface area (Å²) in [6.45, 7) is 5.78. The summed E-state index contributed by atoms with van der Waals surface area (Å²) < 4.78 is 5.30. The maximum absolute atomic E-state index is 8.79. The molecule has 62 valence electrons. The summed E-state index contributed by atoms with van der Waals surface area (Å²) in [6, 6.07) is 0. The van der Waals surface area contributed by atoms with Crippen LogP contribution in [0, 0.1) is 6.92 Å². The molecule has 1 aromatic rings. The third-order valence-corrected chi connectivity index (χ3v) is 1.55. The van der Waals surface area contributed by atoms with Crippen molar-refractivity contribution in [3.8, 4) is 0 Å². The molecular weight excluding hydrogens is 142 g/mol. The lowest BCUT2D eigenvalue weighted by Gasteiger charge is -1.94. The number of aliphatic hydroxyl groups excluding tert-OH is 1.